The van der Waals surface area contributed by atoms with Crippen molar-refractivity contribution < 1.29 is 0 Å². The molecule has 4 rings (SSSR count). The molecule has 2 fully saturated rings. The van der Waals surface area contributed by atoms with Gasteiger partial charge in [-0.3, -0.25) is 9.88 Å². The highest BCUT2D eigenvalue weighted by molar-refractivity contribution is 6.31. The number of halogens is 1. The van der Waals surface area contributed by atoms with Crippen LogP contribution < -0.4 is 5.32 Å². The average Bonchev–Trinajstić information content (AvgIpc) is 3.12. The Morgan fingerprint density at radius 1 is 1.32 bits per heavy atom. The summed E-state index contributed by atoms with van der Waals surface area (Å²) in [5, 5.41) is 4.25. The summed E-state index contributed by atoms with van der Waals surface area (Å²) in [6.45, 7) is 7.14. The van der Waals surface area contributed by atoms with Crippen molar-refractivity contribution in [3.63, 3.8) is 0 Å². The molecule has 1 saturated carbocycles. The molecule has 6 heteroatoms. The number of hydrogen-bond acceptors (Lipinski definition) is 4. The van der Waals surface area contributed by atoms with Gasteiger partial charge in [-0.15, -0.1) is 0 Å². The van der Waals surface area contributed by atoms with Gasteiger partial charge < -0.3 is 9.88 Å². The first kappa shape index (κ1) is 17.0. The normalized spacial score (nSPS) is 21.8. The van der Waals surface area contributed by atoms with Gasteiger partial charge in [0.2, 0.25) is 0 Å². The number of aromatic nitrogens is 3. The molecule has 2 aliphatic rings. The van der Waals surface area contributed by atoms with E-state index in [9.17, 15) is 0 Å². The van der Waals surface area contributed by atoms with Crippen molar-refractivity contribution >= 4 is 11.6 Å². The third kappa shape index (κ3) is 3.46. The number of nitrogens with one attached hydrogen (secondary N) is 1. The Kier molecular flexibility index (Phi) is 4.80. The fourth-order valence-electron chi connectivity index (χ4n) is 4.29. The summed E-state index contributed by atoms with van der Waals surface area (Å²) in [7, 11) is 0. The largest absolute Gasteiger partial charge is 0.334 e. The average molecular weight is 360 g/mol. The zero-order chi connectivity index (χ0) is 17.3. The fourth-order valence-corrected chi connectivity index (χ4v) is 4.47. The molecule has 0 radical (unpaired) electrons. The molecule has 3 heterocycles. The van der Waals surface area contributed by atoms with Crippen LogP contribution >= 0.6 is 11.6 Å². The molecule has 0 bridgehead atoms. The topological polar surface area (TPSA) is 46.0 Å². The van der Waals surface area contributed by atoms with Crippen molar-refractivity contribution in [3.8, 4) is 0 Å². The van der Waals surface area contributed by atoms with E-state index in [-0.39, 0.29) is 0 Å². The third-order valence-electron chi connectivity index (χ3n) is 5.90. The van der Waals surface area contributed by atoms with E-state index >= 15 is 0 Å². The summed E-state index contributed by atoms with van der Waals surface area (Å²) >= 11 is 6.39. The molecular formula is C19H26ClN5. The van der Waals surface area contributed by atoms with Crippen molar-refractivity contribution in [2.45, 2.75) is 51.9 Å². The van der Waals surface area contributed by atoms with Crippen LogP contribution in [-0.2, 0) is 19.6 Å². The molecule has 2 aromatic heterocycles. The van der Waals surface area contributed by atoms with Gasteiger partial charge >= 0.3 is 0 Å². The summed E-state index contributed by atoms with van der Waals surface area (Å²) in [6.07, 6.45) is 11.4. The van der Waals surface area contributed by atoms with Crippen LogP contribution in [0.4, 0.5) is 0 Å². The lowest BCUT2D eigenvalue weighted by atomic mass is 9.93. The highest BCUT2D eigenvalue weighted by Gasteiger charge is 2.56. The van der Waals surface area contributed by atoms with Crippen molar-refractivity contribution in [1.82, 2.24) is 24.8 Å². The molecule has 0 unspecified atom stereocenters. The minimum atomic E-state index is 0.494. The van der Waals surface area contributed by atoms with E-state index in [1.165, 1.54) is 19.3 Å². The van der Waals surface area contributed by atoms with E-state index in [1.807, 2.05) is 18.5 Å². The smallest absolute Gasteiger partial charge is 0.122 e. The lowest BCUT2D eigenvalue weighted by Crippen LogP contribution is -2.36. The van der Waals surface area contributed by atoms with Gasteiger partial charge in [-0.2, -0.15) is 0 Å². The number of hydrogen-bond donors (Lipinski definition) is 1. The van der Waals surface area contributed by atoms with E-state index < -0.39 is 0 Å². The van der Waals surface area contributed by atoms with E-state index in [4.69, 9.17) is 11.6 Å². The van der Waals surface area contributed by atoms with Gasteiger partial charge in [-0.25, -0.2) is 4.98 Å². The second kappa shape index (κ2) is 7.06. The standard InChI is InChI=1S/C19H26ClN5/c1-2-24-10-9-23-18(24)14-25(13-15-3-6-22-12-16(15)20)17-11-19(17)4-7-21-8-5-19/h3,6,9-10,12,17,21H,2,4-5,7-8,11,13-14H2,1H3/t17-/m1/s1. The van der Waals surface area contributed by atoms with Crippen LogP contribution in [0.5, 0.6) is 0 Å². The number of rotatable bonds is 6. The molecule has 5 nitrogen and oxygen atoms in total. The van der Waals surface area contributed by atoms with Crippen molar-refractivity contribution in [2.75, 3.05) is 13.1 Å². The lowest BCUT2D eigenvalue weighted by Gasteiger charge is -2.29. The number of pyridine rings is 1. The fraction of sp³-hybridized carbons (Fsp3) is 0.579. The quantitative estimate of drug-likeness (QED) is 0.860. The minimum absolute atomic E-state index is 0.494. The first-order valence-electron chi connectivity index (χ1n) is 9.25. The van der Waals surface area contributed by atoms with E-state index in [2.05, 4.69) is 37.9 Å². The maximum absolute atomic E-state index is 6.39. The predicted molar refractivity (Wildman–Crippen MR) is 99.3 cm³/mol. The Hall–Kier alpha value is -1.43. The summed E-state index contributed by atoms with van der Waals surface area (Å²) in [5.41, 5.74) is 1.65. The highest BCUT2D eigenvalue weighted by atomic mass is 35.5. The molecule has 0 amide bonds. The summed E-state index contributed by atoms with van der Waals surface area (Å²) in [4.78, 5) is 11.3. The Bertz CT molecular complexity index is 722. The molecular weight excluding hydrogens is 334 g/mol. The predicted octanol–water partition coefficient (Wildman–Crippen LogP) is 3.10. The maximum atomic E-state index is 6.39. The zero-order valence-electron chi connectivity index (χ0n) is 14.8. The number of imidazole rings is 1. The molecule has 134 valence electrons. The van der Waals surface area contributed by atoms with Gasteiger partial charge in [0.1, 0.15) is 5.82 Å². The van der Waals surface area contributed by atoms with Crippen LogP contribution in [0.3, 0.4) is 0 Å². The van der Waals surface area contributed by atoms with Crippen LogP contribution in [-0.4, -0.2) is 38.6 Å². The lowest BCUT2D eigenvalue weighted by molar-refractivity contribution is 0.182. The Labute approximate surface area is 154 Å². The van der Waals surface area contributed by atoms with Crippen LogP contribution in [0.25, 0.3) is 0 Å². The number of piperidine rings is 1. The van der Waals surface area contributed by atoms with Crippen LogP contribution in [0.1, 0.15) is 37.6 Å². The molecule has 1 atom stereocenters. The second-order valence-electron chi connectivity index (χ2n) is 7.33. The Morgan fingerprint density at radius 2 is 2.16 bits per heavy atom. The molecule has 0 aromatic carbocycles. The van der Waals surface area contributed by atoms with Crippen molar-refractivity contribution in [1.29, 1.82) is 0 Å². The molecule has 1 saturated heterocycles. The summed E-state index contributed by atoms with van der Waals surface area (Å²) in [6, 6.07) is 2.67. The van der Waals surface area contributed by atoms with Gasteiger partial charge in [-0.1, -0.05) is 11.6 Å². The molecule has 2 aromatic rings. The van der Waals surface area contributed by atoms with Crippen molar-refractivity contribution in [2.24, 2.45) is 5.41 Å². The van der Waals surface area contributed by atoms with Gasteiger partial charge in [0.25, 0.3) is 0 Å². The third-order valence-corrected chi connectivity index (χ3v) is 6.24. The Morgan fingerprint density at radius 3 is 2.92 bits per heavy atom. The van der Waals surface area contributed by atoms with Gasteiger partial charge in [0, 0.05) is 43.9 Å². The van der Waals surface area contributed by atoms with Crippen LogP contribution in [0, 0.1) is 5.41 Å². The SMILES string of the molecule is CCn1ccnc1CN(Cc1ccncc1Cl)[C@@H]1CC12CCNCC2. The molecule has 1 N–H and O–H groups in total. The Balaban J connectivity index is 1.56. The minimum Gasteiger partial charge on any atom is -0.334 e. The van der Waals surface area contributed by atoms with E-state index in [1.54, 1.807) is 6.20 Å². The molecule has 1 aliphatic heterocycles. The highest BCUT2D eigenvalue weighted by Crippen LogP contribution is 2.56. The maximum Gasteiger partial charge on any atom is 0.122 e. The first-order valence-corrected chi connectivity index (χ1v) is 9.63. The molecule has 1 spiro atoms. The summed E-state index contributed by atoms with van der Waals surface area (Å²) in [5.74, 6) is 1.14. The monoisotopic (exact) mass is 359 g/mol. The number of nitrogens with zero attached hydrogens (tertiary/aromatic N) is 4. The van der Waals surface area contributed by atoms with Crippen LogP contribution in [0.2, 0.25) is 5.02 Å². The second-order valence-corrected chi connectivity index (χ2v) is 7.74. The summed E-state index contributed by atoms with van der Waals surface area (Å²) < 4.78 is 2.23. The molecule has 25 heavy (non-hydrogen) atoms. The van der Waals surface area contributed by atoms with E-state index in [0.717, 1.165) is 49.1 Å². The van der Waals surface area contributed by atoms with Gasteiger partial charge in [0.15, 0.2) is 0 Å². The zero-order valence-corrected chi connectivity index (χ0v) is 15.5. The number of aryl methyl sites for hydroxylation is 1. The van der Waals surface area contributed by atoms with Crippen molar-refractivity contribution in [3.05, 3.63) is 47.3 Å². The van der Waals surface area contributed by atoms with E-state index in [0.29, 0.717) is 11.5 Å². The molecule has 1 aliphatic carbocycles. The van der Waals surface area contributed by atoms with Gasteiger partial charge in [-0.05, 0) is 56.3 Å². The van der Waals surface area contributed by atoms with Crippen LogP contribution in [0.15, 0.2) is 30.9 Å². The van der Waals surface area contributed by atoms with Gasteiger partial charge in [0.05, 0.1) is 11.6 Å². The first-order chi connectivity index (χ1) is 12.2.